The molecule has 0 amide bonds. The van der Waals surface area contributed by atoms with Gasteiger partial charge < -0.3 is 27.0 Å². The van der Waals surface area contributed by atoms with Crippen molar-refractivity contribution in [1.82, 2.24) is 19.5 Å². The number of anilines is 1. The number of nitrogens with one attached hydrogen (secondary N) is 1. The van der Waals surface area contributed by atoms with Crippen molar-refractivity contribution in [2.24, 2.45) is 0 Å². The molecule has 2 aromatic rings. The molecule has 1 N–H and O–H groups in total. The van der Waals surface area contributed by atoms with Crippen molar-refractivity contribution in [2.75, 3.05) is 11.6 Å². The summed E-state index contributed by atoms with van der Waals surface area (Å²) in [6, 6.07) is 0. The van der Waals surface area contributed by atoms with Crippen LogP contribution in [0.2, 0.25) is 98.2 Å². The van der Waals surface area contributed by atoms with Gasteiger partial charge in [-0.05, 0) is 78.6 Å². The standard InChI is InChI=1S/C25H54N5O7PSi5/c1-39(2,3)29-23-20-24(27-17-26-23)30(18-28-20)25-22(34-38(31,36-42(10,11)12)37-43(13,14)15)21(35-41(7,8)9)19(33-25)16-32-40(4,5)6/h17-19,21-22,25H,16H2,1-15H3,(H,26,27,29). The van der Waals surface area contributed by atoms with E-state index < -0.39 is 73.9 Å². The van der Waals surface area contributed by atoms with Gasteiger partial charge in [0, 0.05) is 0 Å². The number of fused-ring (bicyclic) bond motifs is 1. The Morgan fingerprint density at radius 1 is 0.814 bits per heavy atom. The van der Waals surface area contributed by atoms with Crippen LogP contribution in [0.1, 0.15) is 6.23 Å². The molecule has 0 bridgehead atoms. The van der Waals surface area contributed by atoms with E-state index in [2.05, 4.69) is 73.9 Å². The summed E-state index contributed by atoms with van der Waals surface area (Å²) in [5.74, 6) is 0.668. The number of imidazole rings is 1. The number of hydrogen-bond acceptors (Lipinski definition) is 11. The molecular formula is C25H54N5O7PSi5. The SMILES string of the molecule is C[Si](C)(C)Nc1ncnc2c1ncn2C1OC(CO[Si](C)(C)C)C(O[Si](C)(C)C)C1OP(=O)(O[Si](C)(C)C)O[Si](C)(C)C. The average Bonchev–Trinajstić information content (AvgIpc) is 3.29. The first-order valence-electron chi connectivity index (χ1n) is 14.9. The van der Waals surface area contributed by atoms with Gasteiger partial charge in [-0.15, -0.1) is 0 Å². The summed E-state index contributed by atoms with van der Waals surface area (Å²) in [5, 5.41) is 0. The molecule has 18 heteroatoms. The van der Waals surface area contributed by atoms with Crippen LogP contribution in [0, 0.1) is 0 Å². The Labute approximate surface area is 263 Å². The summed E-state index contributed by atoms with van der Waals surface area (Å²) in [4.78, 5) is 17.3. The summed E-state index contributed by atoms with van der Waals surface area (Å²) < 4.78 is 55.2. The van der Waals surface area contributed by atoms with Gasteiger partial charge in [0.15, 0.2) is 45.1 Å². The summed E-state index contributed by atoms with van der Waals surface area (Å²) >= 11 is 0. The average molecular weight is 708 g/mol. The van der Waals surface area contributed by atoms with Gasteiger partial charge in [0.25, 0.3) is 0 Å². The third-order valence-electron chi connectivity index (χ3n) is 5.60. The Morgan fingerprint density at radius 3 is 1.88 bits per heavy atom. The molecule has 0 saturated carbocycles. The zero-order valence-corrected chi connectivity index (χ0v) is 34.7. The lowest BCUT2D eigenvalue weighted by Gasteiger charge is -2.35. The molecule has 1 fully saturated rings. The van der Waals surface area contributed by atoms with Crippen molar-refractivity contribution in [3.8, 4) is 0 Å². The summed E-state index contributed by atoms with van der Waals surface area (Å²) in [5.41, 5.74) is 1.19. The smallest absolute Gasteiger partial charge is 0.415 e. The molecule has 4 atom stereocenters. The fourth-order valence-corrected chi connectivity index (χ4v) is 13.8. The lowest BCUT2D eigenvalue weighted by molar-refractivity contribution is -0.0470. The minimum absolute atomic E-state index is 0.305. The molecule has 1 saturated heterocycles. The van der Waals surface area contributed by atoms with Gasteiger partial charge >= 0.3 is 7.82 Å². The van der Waals surface area contributed by atoms with Crippen molar-refractivity contribution in [1.29, 1.82) is 0 Å². The van der Waals surface area contributed by atoms with E-state index in [9.17, 15) is 4.57 Å². The van der Waals surface area contributed by atoms with Crippen LogP contribution in [0.5, 0.6) is 0 Å². The number of aromatic nitrogens is 4. The lowest BCUT2D eigenvalue weighted by Crippen LogP contribution is -2.46. The van der Waals surface area contributed by atoms with Crippen molar-refractivity contribution >= 4 is 66.3 Å². The predicted octanol–water partition coefficient (Wildman–Crippen LogP) is 7.24. The lowest BCUT2D eigenvalue weighted by atomic mass is 10.1. The molecular weight excluding hydrogens is 654 g/mol. The van der Waals surface area contributed by atoms with Gasteiger partial charge in [-0.3, -0.25) is 9.09 Å². The number of nitrogens with zero attached hydrogens (tertiary/aromatic N) is 4. The van der Waals surface area contributed by atoms with Crippen LogP contribution in [0.15, 0.2) is 12.7 Å². The molecule has 0 spiro atoms. The molecule has 4 unspecified atom stereocenters. The van der Waals surface area contributed by atoms with Gasteiger partial charge in [-0.1, -0.05) is 19.6 Å². The Balaban J connectivity index is 2.18. The maximum Gasteiger partial charge on any atom is 0.455 e. The fraction of sp³-hybridized carbons (Fsp3) is 0.800. The van der Waals surface area contributed by atoms with Gasteiger partial charge in [0.05, 0.1) is 12.9 Å². The molecule has 0 aliphatic carbocycles. The molecule has 12 nitrogen and oxygen atoms in total. The van der Waals surface area contributed by atoms with Crippen LogP contribution in [0.3, 0.4) is 0 Å². The Kier molecular flexibility index (Phi) is 11.1. The second-order valence-electron chi connectivity index (χ2n) is 16.0. The third-order valence-corrected chi connectivity index (χ3v) is 15.3. The van der Waals surface area contributed by atoms with Crippen LogP contribution in [0.4, 0.5) is 5.82 Å². The van der Waals surface area contributed by atoms with E-state index in [1.807, 2.05) is 43.8 Å². The number of rotatable bonds is 14. The first-order chi connectivity index (χ1) is 19.2. The highest BCUT2D eigenvalue weighted by atomic mass is 31.2. The molecule has 3 rings (SSSR count). The normalized spacial score (nSPS) is 22.9. The fourth-order valence-electron chi connectivity index (χ4n) is 4.43. The summed E-state index contributed by atoms with van der Waals surface area (Å²) in [6.45, 7) is 31.4. The van der Waals surface area contributed by atoms with Gasteiger partial charge in [0.2, 0.25) is 0 Å². The monoisotopic (exact) mass is 707 g/mol. The van der Waals surface area contributed by atoms with Crippen LogP contribution in [0.25, 0.3) is 11.2 Å². The molecule has 3 heterocycles. The maximum absolute atomic E-state index is 14.5. The van der Waals surface area contributed by atoms with E-state index in [1.165, 1.54) is 6.33 Å². The summed E-state index contributed by atoms with van der Waals surface area (Å²) in [6.07, 6.45) is 0.437. The zero-order chi connectivity index (χ0) is 32.8. The topological polar surface area (TPSA) is 128 Å². The molecule has 246 valence electrons. The third kappa shape index (κ3) is 11.3. The van der Waals surface area contributed by atoms with Gasteiger partial charge in [-0.2, -0.15) is 0 Å². The second-order valence-corrected chi connectivity index (χ2v) is 40.8. The molecule has 43 heavy (non-hydrogen) atoms. The van der Waals surface area contributed by atoms with Crippen molar-refractivity contribution in [3.05, 3.63) is 12.7 Å². The predicted molar refractivity (Wildman–Crippen MR) is 185 cm³/mol. The Bertz CT molecular complexity index is 1280. The van der Waals surface area contributed by atoms with E-state index in [-0.39, 0.29) is 0 Å². The van der Waals surface area contributed by atoms with E-state index >= 15 is 0 Å². The highest BCUT2D eigenvalue weighted by Crippen LogP contribution is 2.57. The van der Waals surface area contributed by atoms with Crippen LogP contribution in [-0.2, 0) is 31.1 Å². The minimum Gasteiger partial charge on any atom is -0.415 e. The van der Waals surface area contributed by atoms with Crippen LogP contribution < -0.4 is 4.98 Å². The molecule has 1 aliphatic rings. The first-order valence-corrected chi connectivity index (χ1v) is 33.5. The van der Waals surface area contributed by atoms with Crippen molar-refractivity contribution < 1.29 is 31.1 Å². The summed E-state index contributed by atoms with van der Waals surface area (Å²) in [7, 11) is -14.6. The van der Waals surface area contributed by atoms with Crippen LogP contribution in [-0.4, -0.2) is 85.9 Å². The maximum atomic E-state index is 14.5. The largest absolute Gasteiger partial charge is 0.455 e. The highest BCUT2D eigenvalue weighted by molar-refractivity contribution is 7.52. The van der Waals surface area contributed by atoms with Crippen molar-refractivity contribution in [2.45, 2.75) is 123 Å². The Hall–Kier alpha value is -0.576. The molecule has 1 aliphatic heterocycles. The number of phosphoric acid groups is 1. The van der Waals surface area contributed by atoms with E-state index in [0.29, 0.717) is 23.6 Å². The zero-order valence-electron chi connectivity index (χ0n) is 28.8. The van der Waals surface area contributed by atoms with Gasteiger partial charge in [0.1, 0.15) is 44.2 Å². The van der Waals surface area contributed by atoms with Crippen LogP contribution >= 0.6 is 7.82 Å². The quantitative estimate of drug-likeness (QED) is 0.158. The van der Waals surface area contributed by atoms with E-state index in [0.717, 1.165) is 0 Å². The second kappa shape index (κ2) is 12.9. The van der Waals surface area contributed by atoms with E-state index in [4.69, 9.17) is 31.5 Å². The van der Waals surface area contributed by atoms with Crippen molar-refractivity contribution in [3.63, 3.8) is 0 Å². The van der Waals surface area contributed by atoms with Gasteiger partial charge in [-0.25, -0.2) is 19.5 Å². The molecule has 2 aromatic heterocycles. The minimum atomic E-state index is -4.06. The molecule has 0 aromatic carbocycles. The van der Waals surface area contributed by atoms with E-state index in [1.54, 1.807) is 6.33 Å². The highest BCUT2D eigenvalue weighted by Gasteiger charge is 2.54. The first kappa shape index (κ1) is 36.9. The number of hydrogen-bond donors (Lipinski definition) is 1. The Morgan fingerprint density at radius 2 is 1.40 bits per heavy atom. The number of ether oxygens (including phenoxy) is 1. The molecule has 0 radical (unpaired) electrons.